The van der Waals surface area contributed by atoms with E-state index in [1.807, 2.05) is 60.7 Å². The largest absolute Gasteiger partial charge is 0.379 e. The van der Waals surface area contributed by atoms with E-state index in [0.29, 0.717) is 24.7 Å². The summed E-state index contributed by atoms with van der Waals surface area (Å²) in [4.78, 5) is 30.2. The van der Waals surface area contributed by atoms with Crippen molar-refractivity contribution in [2.24, 2.45) is 0 Å². The molecule has 2 N–H and O–H groups in total. The maximum Gasteiger partial charge on any atom is 0.254 e. The van der Waals surface area contributed by atoms with Crippen LogP contribution in [0.3, 0.4) is 0 Å². The number of hydrogen-bond acceptors (Lipinski definition) is 5. The van der Waals surface area contributed by atoms with Gasteiger partial charge in [0.2, 0.25) is 5.91 Å². The molecule has 1 fully saturated rings. The quantitative estimate of drug-likeness (QED) is 0.602. The van der Waals surface area contributed by atoms with Gasteiger partial charge in [0.05, 0.1) is 19.8 Å². The first-order valence-electron chi connectivity index (χ1n) is 10.7. The highest BCUT2D eigenvalue weighted by Crippen LogP contribution is 2.23. The van der Waals surface area contributed by atoms with Gasteiger partial charge >= 0.3 is 0 Å². The van der Waals surface area contributed by atoms with Crippen molar-refractivity contribution in [2.75, 3.05) is 53.0 Å². The molecule has 0 atom stereocenters. The lowest BCUT2D eigenvalue weighted by molar-refractivity contribution is -0.134. The molecular formula is C24H31N4O3. The Labute approximate surface area is 184 Å². The minimum atomic E-state index is -0.250. The molecule has 3 rings (SSSR count). The number of nitrogens with zero attached hydrogens (tertiary/aromatic N) is 2. The molecular weight excluding hydrogens is 392 g/mol. The van der Waals surface area contributed by atoms with Crippen LogP contribution in [-0.2, 0) is 20.9 Å². The minimum absolute atomic E-state index is 0.143. The second-order valence-electron chi connectivity index (χ2n) is 7.42. The van der Waals surface area contributed by atoms with Gasteiger partial charge in [-0.05, 0) is 18.2 Å². The van der Waals surface area contributed by atoms with E-state index < -0.39 is 0 Å². The first-order chi connectivity index (χ1) is 15.2. The highest BCUT2D eigenvalue weighted by molar-refractivity contribution is 5.98. The zero-order chi connectivity index (χ0) is 21.9. The van der Waals surface area contributed by atoms with E-state index in [4.69, 9.17) is 4.74 Å². The second-order valence-corrected chi connectivity index (χ2v) is 7.42. The van der Waals surface area contributed by atoms with Gasteiger partial charge < -0.3 is 20.3 Å². The standard InChI is InChI=1S/C24H31N4O3/c1-25-18-22(29)28(19-20-8-4-2-5-9-20)23(21-10-6-3-7-11-21)24(30)26-12-13-27-14-16-31-17-15-27/h2-11,25H,12-19H2,1H3,(H,26,30). The third-order valence-electron chi connectivity index (χ3n) is 5.16. The van der Waals surface area contributed by atoms with Crippen molar-refractivity contribution in [3.8, 4) is 0 Å². The van der Waals surface area contributed by atoms with E-state index in [9.17, 15) is 9.59 Å². The van der Waals surface area contributed by atoms with Crippen LogP contribution in [0.2, 0.25) is 0 Å². The van der Waals surface area contributed by atoms with Crippen molar-refractivity contribution >= 4 is 11.8 Å². The van der Waals surface area contributed by atoms with E-state index in [-0.39, 0.29) is 18.4 Å². The summed E-state index contributed by atoms with van der Waals surface area (Å²) in [6, 6.07) is 19.4. The Morgan fingerprint density at radius 1 is 1.00 bits per heavy atom. The molecule has 2 aromatic carbocycles. The van der Waals surface area contributed by atoms with Crippen molar-refractivity contribution in [1.29, 1.82) is 0 Å². The predicted molar refractivity (Wildman–Crippen MR) is 120 cm³/mol. The molecule has 1 aliphatic heterocycles. The van der Waals surface area contributed by atoms with E-state index in [1.165, 1.54) is 0 Å². The molecule has 2 aromatic rings. The molecule has 0 unspecified atom stereocenters. The normalized spacial score (nSPS) is 14.4. The zero-order valence-electron chi connectivity index (χ0n) is 18.0. The molecule has 0 aliphatic carbocycles. The maximum absolute atomic E-state index is 13.3. The van der Waals surface area contributed by atoms with Crippen LogP contribution in [0.4, 0.5) is 0 Å². The molecule has 2 amide bonds. The number of amides is 2. The average Bonchev–Trinajstić information content (AvgIpc) is 2.81. The van der Waals surface area contributed by atoms with Crippen molar-refractivity contribution < 1.29 is 14.3 Å². The molecule has 1 heterocycles. The third kappa shape index (κ3) is 6.89. The summed E-state index contributed by atoms with van der Waals surface area (Å²) in [7, 11) is 1.73. The van der Waals surface area contributed by atoms with Gasteiger partial charge in [-0.15, -0.1) is 0 Å². The topological polar surface area (TPSA) is 73.9 Å². The number of carbonyl (C=O) groups is 2. The highest BCUT2D eigenvalue weighted by Gasteiger charge is 2.32. The van der Waals surface area contributed by atoms with Gasteiger partial charge in [-0.25, -0.2) is 0 Å². The summed E-state index contributed by atoms with van der Waals surface area (Å²) in [6.07, 6.45) is 0. The van der Waals surface area contributed by atoms with Crippen molar-refractivity contribution in [3.63, 3.8) is 0 Å². The lowest BCUT2D eigenvalue weighted by Crippen LogP contribution is -2.48. The number of hydrogen-bond donors (Lipinski definition) is 2. The van der Waals surface area contributed by atoms with Crippen molar-refractivity contribution in [1.82, 2.24) is 20.4 Å². The molecule has 0 spiro atoms. The maximum atomic E-state index is 13.3. The van der Waals surface area contributed by atoms with Gasteiger partial charge in [0.25, 0.3) is 5.91 Å². The minimum Gasteiger partial charge on any atom is -0.379 e. The number of likely N-dealkylation sites (N-methyl/N-ethyl adjacent to an activating group) is 1. The van der Waals surface area contributed by atoms with E-state index >= 15 is 0 Å². The summed E-state index contributed by atoms with van der Waals surface area (Å²) in [5.41, 5.74) is 1.67. The Morgan fingerprint density at radius 2 is 1.65 bits per heavy atom. The van der Waals surface area contributed by atoms with Crippen LogP contribution in [0, 0.1) is 6.04 Å². The summed E-state index contributed by atoms with van der Waals surface area (Å²) >= 11 is 0. The van der Waals surface area contributed by atoms with E-state index in [0.717, 1.165) is 38.4 Å². The number of ether oxygens (including phenoxy) is 1. The molecule has 31 heavy (non-hydrogen) atoms. The van der Waals surface area contributed by atoms with Gasteiger partial charge in [-0.1, -0.05) is 60.7 Å². The average molecular weight is 424 g/mol. The van der Waals surface area contributed by atoms with Crippen LogP contribution in [0.25, 0.3) is 0 Å². The Bertz CT molecular complexity index is 810. The van der Waals surface area contributed by atoms with Crippen molar-refractivity contribution in [3.05, 3.63) is 77.8 Å². The van der Waals surface area contributed by atoms with Gasteiger partial charge in [0, 0.05) is 32.7 Å². The molecule has 0 bridgehead atoms. The molecule has 7 heteroatoms. The van der Waals surface area contributed by atoms with Gasteiger partial charge in [0.1, 0.15) is 0 Å². The summed E-state index contributed by atoms with van der Waals surface area (Å²) in [5, 5.41) is 5.93. The number of nitrogens with one attached hydrogen (secondary N) is 2. The zero-order valence-corrected chi connectivity index (χ0v) is 18.0. The summed E-state index contributed by atoms with van der Waals surface area (Å²) in [6.45, 7) is 4.90. The predicted octanol–water partition coefficient (Wildman–Crippen LogP) is 1.26. The second kappa shape index (κ2) is 12.2. The van der Waals surface area contributed by atoms with Gasteiger partial charge in [-0.2, -0.15) is 0 Å². The molecule has 1 radical (unpaired) electrons. The molecule has 0 aromatic heterocycles. The number of rotatable bonds is 10. The number of carbonyl (C=O) groups excluding carboxylic acids is 2. The van der Waals surface area contributed by atoms with Crippen LogP contribution in [0.1, 0.15) is 11.1 Å². The van der Waals surface area contributed by atoms with E-state index in [2.05, 4.69) is 15.5 Å². The summed E-state index contributed by atoms with van der Waals surface area (Å²) < 4.78 is 5.38. The Morgan fingerprint density at radius 3 is 2.29 bits per heavy atom. The lowest BCUT2D eigenvalue weighted by atomic mass is 10.0. The van der Waals surface area contributed by atoms with Crippen LogP contribution >= 0.6 is 0 Å². The monoisotopic (exact) mass is 423 g/mol. The molecule has 1 saturated heterocycles. The number of benzene rings is 2. The number of morpholine rings is 1. The fourth-order valence-corrected chi connectivity index (χ4v) is 3.55. The molecule has 1 aliphatic rings. The SMILES string of the molecule is CNCC(=O)N(Cc1ccccc1)[C](C(=O)NCCN1CCOCC1)c1ccccc1. The van der Waals surface area contributed by atoms with Crippen LogP contribution in [-0.4, -0.2) is 74.6 Å². The van der Waals surface area contributed by atoms with Gasteiger partial charge in [0.15, 0.2) is 6.04 Å². The fourth-order valence-electron chi connectivity index (χ4n) is 3.55. The molecule has 165 valence electrons. The van der Waals surface area contributed by atoms with Crippen LogP contribution in [0.15, 0.2) is 60.7 Å². The summed E-state index contributed by atoms with van der Waals surface area (Å²) in [5.74, 6) is -0.409. The van der Waals surface area contributed by atoms with Crippen molar-refractivity contribution in [2.45, 2.75) is 6.54 Å². The first-order valence-corrected chi connectivity index (χ1v) is 10.7. The highest BCUT2D eigenvalue weighted by atomic mass is 16.5. The fraction of sp³-hybridized carbons (Fsp3) is 0.375. The molecule has 0 saturated carbocycles. The lowest BCUT2D eigenvalue weighted by Gasteiger charge is -2.31. The Hall–Kier alpha value is -2.74. The Kier molecular flexibility index (Phi) is 9.02. The molecule has 7 nitrogen and oxygen atoms in total. The third-order valence-corrected chi connectivity index (χ3v) is 5.16. The smallest absolute Gasteiger partial charge is 0.254 e. The van der Waals surface area contributed by atoms with Crippen LogP contribution < -0.4 is 10.6 Å². The van der Waals surface area contributed by atoms with Gasteiger partial charge in [-0.3, -0.25) is 14.5 Å². The van der Waals surface area contributed by atoms with E-state index in [1.54, 1.807) is 11.9 Å². The first kappa shape index (κ1) is 22.9. The Balaban J connectivity index is 1.78. The van der Waals surface area contributed by atoms with Crippen LogP contribution in [0.5, 0.6) is 0 Å².